The number of anilines is 1. The van der Waals surface area contributed by atoms with Crippen molar-refractivity contribution in [1.29, 1.82) is 5.26 Å². The van der Waals surface area contributed by atoms with Gasteiger partial charge in [-0.2, -0.15) is 10.4 Å². The Morgan fingerprint density at radius 3 is 2.49 bits per heavy atom. The number of aliphatic hydroxyl groups is 1. The standard InChI is InChI=1S/C32H37N7O4/c1-7-32(8-2,38-30(40)23-10-12-28(42-6)35-17-23)14-21(3)37-27-11-9-22(16-34-27)26-13-25(43-20-31(4,5)41)19-39-29(26)24(15-33)18-36-39/h9-13,16-19,41H,3,7-8,14,20H2,1-2,4-6H3,(H,34,37)(H,38,40). The lowest BCUT2D eigenvalue weighted by atomic mass is 9.87. The first-order valence-electron chi connectivity index (χ1n) is 14.0. The summed E-state index contributed by atoms with van der Waals surface area (Å²) in [4.78, 5) is 21.7. The van der Waals surface area contributed by atoms with Crippen LogP contribution in [0.3, 0.4) is 0 Å². The van der Waals surface area contributed by atoms with Crippen molar-refractivity contribution in [2.45, 2.75) is 58.1 Å². The molecule has 11 heteroatoms. The van der Waals surface area contributed by atoms with Crippen LogP contribution in [0.1, 0.15) is 62.9 Å². The third-order valence-electron chi connectivity index (χ3n) is 7.17. The SMILES string of the molecule is C=C(CC(CC)(CC)NC(=O)c1ccc(OC)nc1)Nc1ccc(-c2cc(OCC(C)(C)O)cn3ncc(C#N)c23)cn1. The molecule has 4 aromatic rings. The Hall–Kier alpha value is -4.95. The number of nitrogens with one attached hydrogen (secondary N) is 2. The molecule has 4 aromatic heterocycles. The van der Waals surface area contributed by atoms with E-state index in [1.54, 1.807) is 42.9 Å². The maximum absolute atomic E-state index is 13.0. The van der Waals surface area contributed by atoms with Gasteiger partial charge in [-0.15, -0.1) is 0 Å². The summed E-state index contributed by atoms with van der Waals surface area (Å²) in [6.07, 6.45) is 8.25. The lowest BCUT2D eigenvalue weighted by molar-refractivity contribution is 0.0283. The molecule has 11 nitrogen and oxygen atoms in total. The van der Waals surface area contributed by atoms with Crippen LogP contribution in [-0.2, 0) is 0 Å². The third-order valence-corrected chi connectivity index (χ3v) is 7.17. The van der Waals surface area contributed by atoms with Crippen molar-refractivity contribution in [3.63, 3.8) is 0 Å². The Labute approximate surface area is 251 Å². The van der Waals surface area contributed by atoms with E-state index in [0.717, 1.165) is 5.56 Å². The van der Waals surface area contributed by atoms with Gasteiger partial charge in [0.1, 0.15) is 24.2 Å². The summed E-state index contributed by atoms with van der Waals surface area (Å²) in [7, 11) is 1.53. The van der Waals surface area contributed by atoms with E-state index in [1.807, 2.05) is 32.0 Å². The molecule has 0 aliphatic rings. The van der Waals surface area contributed by atoms with Gasteiger partial charge in [-0.1, -0.05) is 20.4 Å². The molecule has 0 atom stereocenters. The molecule has 0 aromatic carbocycles. The largest absolute Gasteiger partial charge is 0.489 e. The maximum atomic E-state index is 13.0. The zero-order valence-electron chi connectivity index (χ0n) is 25.1. The zero-order chi connectivity index (χ0) is 31.2. The van der Waals surface area contributed by atoms with Gasteiger partial charge in [-0.05, 0) is 51.0 Å². The fourth-order valence-corrected chi connectivity index (χ4v) is 4.67. The highest BCUT2D eigenvalue weighted by Crippen LogP contribution is 2.32. The molecule has 43 heavy (non-hydrogen) atoms. The topological polar surface area (TPSA) is 147 Å². The first kappa shape index (κ1) is 31.0. The number of rotatable bonds is 13. The molecule has 0 saturated carbocycles. The number of pyridine rings is 3. The molecule has 0 aliphatic carbocycles. The minimum Gasteiger partial charge on any atom is -0.489 e. The molecule has 3 N–H and O–H groups in total. The van der Waals surface area contributed by atoms with Crippen LogP contribution < -0.4 is 20.1 Å². The smallest absolute Gasteiger partial charge is 0.253 e. The van der Waals surface area contributed by atoms with Crippen LogP contribution in [0.4, 0.5) is 5.82 Å². The predicted molar refractivity (Wildman–Crippen MR) is 164 cm³/mol. The van der Waals surface area contributed by atoms with Gasteiger partial charge >= 0.3 is 0 Å². The minimum absolute atomic E-state index is 0.0853. The highest BCUT2D eigenvalue weighted by molar-refractivity contribution is 5.94. The van der Waals surface area contributed by atoms with Gasteiger partial charge in [-0.25, -0.2) is 14.5 Å². The summed E-state index contributed by atoms with van der Waals surface area (Å²) in [5.41, 5.74) is 2.12. The number of nitrogens with zero attached hydrogens (tertiary/aromatic N) is 5. The van der Waals surface area contributed by atoms with Crippen LogP contribution in [0.15, 0.2) is 67.4 Å². The number of hydrogen-bond donors (Lipinski definition) is 3. The summed E-state index contributed by atoms with van der Waals surface area (Å²) in [5, 5.41) is 30.5. The number of hydrogen-bond acceptors (Lipinski definition) is 9. The molecular formula is C32H37N7O4. The Kier molecular flexibility index (Phi) is 9.31. The van der Waals surface area contributed by atoms with Crippen LogP contribution >= 0.6 is 0 Å². The van der Waals surface area contributed by atoms with Crippen LogP contribution in [0.25, 0.3) is 16.6 Å². The fourth-order valence-electron chi connectivity index (χ4n) is 4.67. The van der Waals surface area contributed by atoms with Gasteiger partial charge in [0.25, 0.3) is 5.91 Å². The zero-order valence-corrected chi connectivity index (χ0v) is 25.1. The average molecular weight is 584 g/mol. The first-order chi connectivity index (χ1) is 20.5. The molecule has 0 bridgehead atoms. The molecule has 4 rings (SSSR count). The number of carbonyl (C=O) groups excluding carboxylic acids is 1. The van der Waals surface area contributed by atoms with E-state index >= 15 is 0 Å². The van der Waals surface area contributed by atoms with Crippen molar-refractivity contribution in [2.75, 3.05) is 19.0 Å². The lowest BCUT2D eigenvalue weighted by Gasteiger charge is -2.34. The van der Waals surface area contributed by atoms with Gasteiger partial charge < -0.3 is 25.2 Å². The van der Waals surface area contributed by atoms with Crippen molar-refractivity contribution in [3.05, 3.63) is 78.5 Å². The number of nitriles is 1. The van der Waals surface area contributed by atoms with Crippen molar-refractivity contribution in [1.82, 2.24) is 24.9 Å². The van der Waals surface area contributed by atoms with Gasteiger partial charge in [0.2, 0.25) is 5.88 Å². The second-order valence-corrected chi connectivity index (χ2v) is 11.0. The quantitative estimate of drug-likeness (QED) is 0.195. The number of amides is 1. The second-order valence-electron chi connectivity index (χ2n) is 11.0. The molecule has 0 unspecified atom stereocenters. The lowest BCUT2D eigenvalue weighted by Crippen LogP contribution is -2.48. The van der Waals surface area contributed by atoms with Gasteiger partial charge in [-0.3, -0.25) is 4.79 Å². The van der Waals surface area contributed by atoms with Crippen molar-refractivity contribution >= 4 is 17.2 Å². The highest BCUT2D eigenvalue weighted by Gasteiger charge is 2.30. The number of methoxy groups -OCH3 is 1. The number of ether oxygens (including phenoxy) is 2. The Morgan fingerprint density at radius 2 is 1.91 bits per heavy atom. The van der Waals surface area contributed by atoms with Crippen LogP contribution in [0.5, 0.6) is 11.6 Å². The molecule has 0 saturated heterocycles. The van der Waals surface area contributed by atoms with E-state index in [-0.39, 0.29) is 12.5 Å². The normalized spacial score (nSPS) is 11.6. The minimum atomic E-state index is -1.02. The summed E-state index contributed by atoms with van der Waals surface area (Å²) >= 11 is 0. The second kappa shape index (κ2) is 12.9. The average Bonchev–Trinajstić information content (AvgIpc) is 3.42. The molecule has 224 valence electrons. The molecular weight excluding hydrogens is 546 g/mol. The Balaban J connectivity index is 1.51. The monoisotopic (exact) mass is 583 g/mol. The van der Waals surface area contributed by atoms with Crippen LogP contribution in [0.2, 0.25) is 0 Å². The van der Waals surface area contributed by atoms with Gasteiger partial charge in [0.05, 0.1) is 41.7 Å². The van der Waals surface area contributed by atoms with Crippen molar-refractivity contribution in [2.24, 2.45) is 0 Å². The Bertz CT molecular complexity index is 1630. The molecule has 0 aliphatic heterocycles. The summed E-state index contributed by atoms with van der Waals surface area (Å²) < 4.78 is 12.5. The van der Waals surface area contributed by atoms with E-state index in [4.69, 9.17) is 9.47 Å². The van der Waals surface area contributed by atoms with E-state index in [0.29, 0.717) is 64.6 Å². The first-order valence-corrected chi connectivity index (χ1v) is 14.0. The van der Waals surface area contributed by atoms with E-state index < -0.39 is 11.1 Å². The number of carbonyl (C=O) groups is 1. The summed E-state index contributed by atoms with van der Waals surface area (Å²) in [6.45, 7) is 11.7. The third kappa shape index (κ3) is 7.47. The van der Waals surface area contributed by atoms with Gasteiger partial charge in [0.15, 0.2) is 0 Å². The fraction of sp³-hybridized carbons (Fsp3) is 0.344. The van der Waals surface area contributed by atoms with Crippen LogP contribution in [0, 0.1) is 11.3 Å². The molecule has 0 spiro atoms. The maximum Gasteiger partial charge on any atom is 0.253 e. The van der Waals surface area contributed by atoms with E-state index in [2.05, 4.69) is 38.3 Å². The summed E-state index contributed by atoms with van der Waals surface area (Å²) in [6, 6.07) is 11.0. The number of fused-ring (bicyclic) bond motifs is 1. The molecule has 4 heterocycles. The van der Waals surface area contributed by atoms with Crippen molar-refractivity contribution in [3.8, 4) is 28.8 Å². The molecule has 1 amide bonds. The Morgan fingerprint density at radius 1 is 1.14 bits per heavy atom. The predicted octanol–water partition coefficient (Wildman–Crippen LogP) is 5.13. The highest BCUT2D eigenvalue weighted by atomic mass is 16.5. The van der Waals surface area contributed by atoms with Crippen molar-refractivity contribution < 1.29 is 19.4 Å². The van der Waals surface area contributed by atoms with E-state index in [1.165, 1.54) is 19.5 Å². The van der Waals surface area contributed by atoms with Crippen LogP contribution in [-0.4, -0.2) is 55.5 Å². The molecule has 0 fully saturated rings. The van der Waals surface area contributed by atoms with E-state index in [9.17, 15) is 15.2 Å². The molecule has 0 radical (unpaired) electrons. The van der Waals surface area contributed by atoms with Gasteiger partial charge in [0, 0.05) is 47.2 Å². The number of aromatic nitrogens is 4. The summed E-state index contributed by atoms with van der Waals surface area (Å²) in [5.74, 6) is 1.30.